The van der Waals surface area contributed by atoms with Crippen LogP contribution in [0.2, 0.25) is 0 Å². The van der Waals surface area contributed by atoms with Gasteiger partial charge >= 0.3 is 0 Å². The Morgan fingerprint density at radius 2 is 1.81 bits per heavy atom. The van der Waals surface area contributed by atoms with Crippen LogP contribution in [-0.2, 0) is 5.88 Å². The quantitative estimate of drug-likeness (QED) is 0.609. The van der Waals surface area contributed by atoms with Crippen LogP contribution in [0, 0.1) is 20.8 Å². The summed E-state index contributed by atoms with van der Waals surface area (Å²) in [4.78, 5) is 9.19. The Morgan fingerprint density at radius 1 is 1.14 bits per heavy atom. The first-order chi connectivity index (χ1) is 10.0. The number of fused-ring (bicyclic) bond motifs is 1. The number of aryl methyl sites for hydroxylation is 3. The second-order valence-electron chi connectivity index (χ2n) is 5.24. The third kappa shape index (κ3) is 2.47. The van der Waals surface area contributed by atoms with Gasteiger partial charge in [-0.2, -0.15) is 0 Å². The molecule has 0 saturated heterocycles. The zero-order chi connectivity index (χ0) is 15.1. The third-order valence-electron chi connectivity index (χ3n) is 3.50. The average molecular weight is 365 g/mol. The number of hydrogen-bond donors (Lipinski definition) is 0. The van der Waals surface area contributed by atoms with Crippen LogP contribution in [0.1, 0.15) is 22.5 Å². The molecule has 3 rings (SSSR count). The van der Waals surface area contributed by atoms with E-state index in [1.54, 1.807) is 0 Å². The molecule has 0 saturated carbocycles. The van der Waals surface area contributed by atoms with E-state index in [0.29, 0.717) is 5.88 Å². The van der Waals surface area contributed by atoms with E-state index in [0.717, 1.165) is 43.8 Å². The van der Waals surface area contributed by atoms with Gasteiger partial charge in [0.25, 0.3) is 0 Å². The van der Waals surface area contributed by atoms with Gasteiger partial charge in [0.2, 0.25) is 0 Å². The summed E-state index contributed by atoms with van der Waals surface area (Å²) in [6, 6.07) is 6.24. The van der Waals surface area contributed by atoms with Crippen molar-refractivity contribution in [3.05, 3.63) is 51.4 Å². The van der Waals surface area contributed by atoms with Crippen molar-refractivity contribution >= 4 is 38.7 Å². The number of nitrogens with zero attached hydrogens (tertiary/aromatic N) is 3. The lowest BCUT2D eigenvalue weighted by molar-refractivity contribution is 0.950. The molecular weight excluding hydrogens is 350 g/mol. The van der Waals surface area contributed by atoms with Gasteiger partial charge in [-0.25, -0.2) is 9.97 Å². The van der Waals surface area contributed by atoms with Crippen LogP contribution in [0.5, 0.6) is 0 Å². The van der Waals surface area contributed by atoms with Crippen molar-refractivity contribution in [2.75, 3.05) is 0 Å². The highest BCUT2D eigenvalue weighted by atomic mass is 79.9. The van der Waals surface area contributed by atoms with Crippen molar-refractivity contribution in [1.82, 2.24) is 14.5 Å². The molecule has 108 valence electrons. The smallest absolute Gasteiger partial charge is 0.164 e. The third-order valence-corrected chi connectivity index (χ3v) is 4.20. The highest BCUT2D eigenvalue weighted by Crippen LogP contribution is 2.29. The highest BCUT2D eigenvalue weighted by Gasteiger charge is 2.16. The van der Waals surface area contributed by atoms with E-state index >= 15 is 0 Å². The van der Waals surface area contributed by atoms with Gasteiger partial charge in [-0.1, -0.05) is 15.9 Å². The van der Waals surface area contributed by atoms with Crippen LogP contribution >= 0.6 is 27.5 Å². The summed E-state index contributed by atoms with van der Waals surface area (Å²) in [5.41, 5.74) is 6.26. The van der Waals surface area contributed by atoms with Crippen molar-refractivity contribution in [2.24, 2.45) is 0 Å². The molecule has 0 unspecified atom stereocenters. The predicted octanol–water partition coefficient (Wildman–Crippen LogP) is 4.85. The van der Waals surface area contributed by atoms with E-state index in [4.69, 9.17) is 11.6 Å². The minimum absolute atomic E-state index is 0.352. The van der Waals surface area contributed by atoms with Gasteiger partial charge < -0.3 is 0 Å². The lowest BCUT2D eigenvalue weighted by Crippen LogP contribution is -2.05. The van der Waals surface area contributed by atoms with E-state index in [1.165, 1.54) is 0 Å². The highest BCUT2D eigenvalue weighted by molar-refractivity contribution is 9.10. The Labute approximate surface area is 137 Å². The maximum absolute atomic E-state index is 6.11. The first-order valence-electron chi connectivity index (χ1n) is 6.68. The average Bonchev–Trinajstić information content (AvgIpc) is 2.75. The van der Waals surface area contributed by atoms with Gasteiger partial charge in [0.15, 0.2) is 5.65 Å². The minimum Gasteiger partial charge on any atom is -0.279 e. The van der Waals surface area contributed by atoms with Gasteiger partial charge in [-0.3, -0.25) is 4.57 Å². The SMILES string of the molecule is Cc1cnc2c(c1)nc(CCl)n2-c1c(C)cc(Br)cc1C. The van der Waals surface area contributed by atoms with Crippen LogP contribution in [0.4, 0.5) is 0 Å². The first kappa shape index (κ1) is 14.5. The molecule has 0 radical (unpaired) electrons. The predicted molar refractivity (Wildman–Crippen MR) is 90.3 cm³/mol. The maximum Gasteiger partial charge on any atom is 0.164 e. The summed E-state index contributed by atoms with van der Waals surface area (Å²) in [5.74, 6) is 1.17. The van der Waals surface area contributed by atoms with Crippen molar-refractivity contribution in [2.45, 2.75) is 26.7 Å². The van der Waals surface area contributed by atoms with Gasteiger partial charge in [0.05, 0.1) is 11.6 Å². The molecule has 0 spiro atoms. The molecule has 0 bridgehead atoms. The van der Waals surface area contributed by atoms with Gasteiger partial charge in [0, 0.05) is 10.7 Å². The number of pyridine rings is 1. The molecule has 0 aliphatic carbocycles. The van der Waals surface area contributed by atoms with Crippen LogP contribution < -0.4 is 0 Å². The Hall–Kier alpha value is -1.39. The van der Waals surface area contributed by atoms with Crippen LogP contribution in [0.3, 0.4) is 0 Å². The van der Waals surface area contributed by atoms with E-state index in [-0.39, 0.29) is 0 Å². The lowest BCUT2D eigenvalue weighted by atomic mass is 10.1. The number of rotatable bonds is 2. The molecule has 0 aliphatic heterocycles. The Bertz CT molecular complexity index is 816. The molecule has 0 atom stereocenters. The van der Waals surface area contributed by atoms with E-state index in [2.05, 4.69) is 56.4 Å². The number of benzene rings is 1. The van der Waals surface area contributed by atoms with Crippen LogP contribution in [0.25, 0.3) is 16.9 Å². The minimum atomic E-state index is 0.352. The lowest BCUT2D eigenvalue weighted by Gasteiger charge is -2.14. The van der Waals surface area contributed by atoms with E-state index in [9.17, 15) is 0 Å². The fourth-order valence-electron chi connectivity index (χ4n) is 2.69. The second kappa shape index (κ2) is 5.43. The van der Waals surface area contributed by atoms with Gasteiger partial charge in [-0.15, -0.1) is 11.6 Å². The second-order valence-corrected chi connectivity index (χ2v) is 6.42. The molecule has 2 heterocycles. The van der Waals surface area contributed by atoms with Gasteiger partial charge in [0.1, 0.15) is 11.3 Å². The molecule has 21 heavy (non-hydrogen) atoms. The fourth-order valence-corrected chi connectivity index (χ4v) is 3.56. The van der Waals surface area contributed by atoms with Gasteiger partial charge in [-0.05, 0) is 55.7 Å². The number of aromatic nitrogens is 3. The summed E-state index contributed by atoms with van der Waals surface area (Å²) < 4.78 is 3.14. The van der Waals surface area contributed by atoms with Crippen LogP contribution in [0.15, 0.2) is 28.9 Å². The van der Waals surface area contributed by atoms with Crippen molar-refractivity contribution in [3.63, 3.8) is 0 Å². The van der Waals surface area contributed by atoms with Crippen molar-refractivity contribution in [3.8, 4) is 5.69 Å². The molecule has 0 N–H and O–H groups in total. The monoisotopic (exact) mass is 363 g/mol. The fraction of sp³-hybridized carbons (Fsp3) is 0.250. The maximum atomic E-state index is 6.11. The summed E-state index contributed by atoms with van der Waals surface area (Å²) >= 11 is 9.65. The van der Waals surface area contributed by atoms with Crippen molar-refractivity contribution < 1.29 is 0 Å². The molecule has 3 nitrogen and oxygen atoms in total. The molecule has 0 amide bonds. The molecule has 1 aromatic carbocycles. The summed E-state index contributed by atoms with van der Waals surface area (Å²) in [7, 11) is 0. The molecule has 0 fully saturated rings. The zero-order valence-corrected chi connectivity index (χ0v) is 14.5. The Morgan fingerprint density at radius 3 is 2.43 bits per heavy atom. The van der Waals surface area contributed by atoms with E-state index < -0.39 is 0 Å². The Balaban J connectivity index is 2.39. The van der Waals surface area contributed by atoms with Crippen LogP contribution in [-0.4, -0.2) is 14.5 Å². The molecule has 5 heteroatoms. The number of hydrogen-bond acceptors (Lipinski definition) is 2. The summed E-state index contributed by atoms with van der Waals surface area (Å²) in [6.07, 6.45) is 1.86. The Kier molecular flexibility index (Phi) is 3.76. The van der Waals surface area contributed by atoms with E-state index in [1.807, 2.05) is 19.2 Å². The zero-order valence-electron chi connectivity index (χ0n) is 12.1. The standard InChI is InChI=1S/C16H15BrClN3/c1-9-4-13-16(19-8-9)21(14(7-18)20-13)15-10(2)5-12(17)6-11(15)3/h4-6,8H,7H2,1-3H3. The summed E-state index contributed by atoms with van der Waals surface area (Å²) in [6.45, 7) is 6.19. The largest absolute Gasteiger partial charge is 0.279 e. The number of alkyl halides is 1. The topological polar surface area (TPSA) is 30.7 Å². The number of imidazole rings is 1. The summed E-state index contributed by atoms with van der Waals surface area (Å²) in [5, 5.41) is 0. The molecule has 3 aromatic rings. The normalized spacial score (nSPS) is 11.3. The first-order valence-corrected chi connectivity index (χ1v) is 8.01. The molecule has 0 aliphatic rings. The number of halogens is 2. The van der Waals surface area contributed by atoms with Crippen molar-refractivity contribution in [1.29, 1.82) is 0 Å². The molecular formula is C16H15BrClN3. The molecule has 2 aromatic heterocycles.